The Kier molecular flexibility index (Phi) is 3.81. The van der Waals surface area contributed by atoms with Crippen molar-refractivity contribution in [2.75, 3.05) is 6.54 Å². The molecular weight excluding hydrogens is 294 g/mol. The fourth-order valence-corrected chi connectivity index (χ4v) is 3.20. The normalized spacial score (nSPS) is 11.0. The Labute approximate surface area is 124 Å². The number of rotatable bonds is 4. The van der Waals surface area contributed by atoms with Crippen LogP contribution in [0.5, 0.6) is 0 Å². The van der Waals surface area contributed by atoms with Crippen molar-refractivity contribution in [2.24, 2.45) is 5.73 Å². The lowest BCUT2D eigenvalue weighted by atomic mass is 10.2. The molecule has 0 saturated carbocycles. The van der Waals surface area contributed by atoms with Crippen molar-refractivity contribution in [1.29, 1.82) is 0 Å². The Balaban J connectivity index is 2.15. The average Bonchev–Trinajstić information content (AvgIpc) is 3.08. The molecule has 0 bridgehead atoms. The molecule has 3 nitrogen and oxygen atoms in total. The molecule has 3 rings (SSSR count). The van der Waals surface area contributed by atoms with E-state index in [2.05, 4.69) is 4.98 Å². The minimum atomic E-state index is -0.631. The molecule has 1 aromatic carbocycles. The lowest BCUT2D eigenvalue weighted by Gasteiger charge is -1.99. The van der Waals surface area contributed by atoms with Crippen LogP contribution in [0.15, 0.2) is 41.0 Å². The number of nitrogens with zero attached hydrogens (tertiary/aromatic N) is 1. The van der Waals surface area contributed by atoms with Gasteiger partial charge in [0.1, 0.15) is 22.3 Å². The maximum Gasteiger partial charge on any atom is 0.153 e. The van der Waals surface area contributed by atoms with Crippen LogP contribution in [0.1, 0.15) is 4.88 Å². The highest BCUT2D eigenvalue weighted by Crippen LogP contribution is 2.36. The molecule has 0 fully saturated rings. The first-order chi connectivity index (χ1) is 10.2. The van der Waals surface area contributed by atoms with Crippen LogP contribution >= 0.6 is 11.3 Å². The minimum absolute atomic E-state index is 0.112. The third-order valence-electron chi connectivity index (χ3n) is 3.00. The van der Waals surface area contributed by atoms with Crippen molar-refractivity contribution in [1.82, 2.24) is 4.98 Å². The Morgan fingerprint density at radius 2 is 1.90 bits per heavy atom. The van der Waals surface area contributed by atoms with Gasteiger partial charge < -0.3 is 10.2 Å². The number of hydrogen-bond acceptors (Lipinski definition) is 4. The zero-order valence-corrected chi connectivity index (χ0v) is 11.8. The molecule has 0 aliphatic rings. The highest BCUT2D eigenvalue weighted by molar-refractivity contribution is 7.15. The van der Waals surface area contributed by atoms with Gasteiger partial charge in [-0.2, -0.15) is 0 Å². The van der Waals surface area contributed by atoms with Crippen LogP contribution in [0.25, 0.3) is 22.0 Å². The van der Waals surface area contributed by atoms with E-state index in [1.165, 1.54) is 35.8 Å². The molecule has 21 heavy (non-hydrogen) atoms. The zero-order chi connectivity index (χ0) is 14.8. The summed E-state index contributed by atoms with van der Waals surface area (Å²) in [5.41, 5.74) is 6.07. The first-order valence-corrected chi connectivity index (χ1v) is 7.20. The van der Waals surface area contributed by atoms with Crippen molar-refractivity contribution in [3.63, 3.8) is 0 Å². The lowest BCUT2D eigenvalue weighted by Crippen LogP contribution is -2.01. The van der Waals surface area contributed by atoms with Gasteiger partial charge in [-0.25, -0.2) is 13.8 Å². The molecule has 2 heterocycles. The number of nitrogens with two attached hydrogens (primary N) is 1. The molecule has 0 amide bonds. The van der Waals surface area contributed by atoms with Crippen LogP contribution in [-0.4, -0.2) is 11.5 Å². The molecular formula is C15H12F2N2OS. The summed E-state index contributed by atoms with van der Waals surface area (Å²) in [4.78, 5) is 5.20. The summed E-state index contributed by atoms with van der Waals surface area (Å²) < 4.78 is 33.1. The van der Waals surface area contributed by atoms with Crippen LogP contribution in [0.2, 0.25) is 0 Å². The van der Waals surface area contributed by atoms with E-state index < -0.39 is 11.6 Å². The number of furan rings is 1. The van der Waals surface area contributed by atoms with E-state index in [0.717, 1.165) is 4.88 Å². The lowest BCUT2D eigenvalue weighted by molar-refractivity contribution is 0.579. The number of aromatic nitrogens is 1. The van der Waals surface area contributed by atoms with Gasteiger partial charge in [-0.05, 0) is 37.2 Å². The van der Waals surface area contributed by atoms with Gasteiger partial charge in [0.15, 0.2) is 5.76 Å². The van der Waals surface area contributed by atoms with Crippen molar-refractivity contribution in [3.05, 3.63) is 53.1 Å². The molecule has 0 unspecified atom stereocenters. The second-order valence-electron chi connectivity index (χ2n) is 4.40. The van der Waals surface area contributed by atoms with E-state index in [4.69, 9.17) is 10.2 Å². The fraction of sp³-hybridized carbons (Fsp3) is 0.133. The molecule has 0 aliphatic carbocycles. The summed E-state index contributed by atoms with van der Waals surface area (Å²) in [6.07, 6.45) is 2.11. The SMILES string of the molecule is NCCc1sc(-c2c(F)cccc2F)nc1-c1ccco1. The zero-order valence-electron chi connectivity index (χ0n) is 11.0. The molecule has 0 radical (unpaired) electrons. The largest absolute Gasteiger partial charge is 0.463 e. The van der Waals surface area contributed by atoms with Crippen LogP contribution < -0.4 is 5.73 Å². The quantitative estimate of drug-likeness (QED) is 0.796. The average molecular weight is 306 g/mol. The Bertz CT molecular complexity index is 733. The topological polar surface area (TPSA) is 52.0 Å². The fourth-order valence-electron chi connectivity index (χ4n) is 2.07. The summed E-state index contributed by atoms with van der Waals surface area (Å²) in [7, 11) is 0. The molecule has 0 atom stereocenters. The van der Waals surface area contributed by atoms with Gasteiger partial charge in [-0.3, -0.25) is 0 Å². The number of benzene rings is 1. The summed E-state index contributed by atoms with van der Waals surface area (Å²) in [6, 6.07) is 7.26. The standard InChI is InChI=1S/C15H12F2N2OS/c16-9-3-1-4-10(17)13(9)15-19-14(11-5-2-8-20-11)12(21-15)6-7-18/h1-5,8H,6-7,18H2. The van der Waals surface area contributed by atoms with E-state index in [1.807, 2.05) is 0 Å². The van der Waals surface area contributed by atoms with E-state index in [0.29, 0.717) is 29.4 Å². The predicted octanol–water partition coefficient (Wildman–Crippen LogP) is 3.85. The van der Waals surface area contributed by atoms with Gasteiger partial charge >= 0.3 is 0 Å². The van der Waals surface area contributed by atoms with Gasteiger partial charge in [-0.1, -0.05) is 6.07 Å². The maximum atomic E-state index is 13.9. The number of halogens is 2. The van der Waals surface area contributed by atoms with Crippen molar-refractivity contribution < 1.29 is 13.2 Å². The summed E-state index contributed by atoms with van der Waals surface area (Å²) in [5.74, 6) is -0.694. The second kappa shape index (κ2) is 5.75. The smallest absolute Gasteiger partial charge is 0.153 e. The summed E-state index contributed by atoms with van der Waals surface area (Å²) in [5, 5.41) is 0.292. The molecule has 2 N–H and O–H groups in total. The molecule has 0 aliphatic heterocycles. The highest BCUT2D eigenvalue weighted by Gasteiger charge is 2.20. The maximum absolute atomic E-state index is 13.9. The monoisotopic (exact) mass is 306 g/mol. The summed E-state index contributed by atoms with van der Waals surface area (Å²) in [6.45, 7) is 0.426. The van der Waals surface area contributed by atoms with E-state index in [9.17, 15) is 8.78 Å². The molecule has 0 saturated heterocycles. The summed E-state index contributed by atoms with van der Waals surface area (Å²) >= 11 is 1.23. The highest BCUT2D eigenvalue weighted by atomic mass is 32.1. The van der Waals surface area contributed by atoms with Crippen molar-refractivity contribution in [2.45, 2.75) is 6.42 Å². The molecule has 0 spiro atoms. The first kappa shape index (κ1) is 13.9. The van der Waals surface area contributed by atoms with Gasteiger partial charge in [-0.15, -0.1) is 11.3 Å². The second-order valence-corrected chi connectivity index (χ2v) is 5.49. The van der Waals surface area contributed by atoms with Crippen molar-refractivity contribution in [3.8, 4) is 22.0 Å². The number of hydrogen-bond donors (Lipinski definition) is 1. The van der Waals surface area contributed by atoms with E-state index in [-0.39, 0.29) is 5.56 Å². The van der Waals surface area contributed by atoms with E-state index >= 15 is 0 Å². The van der Waals surface area contributed by atoms with Crippen molar-refractivity contribution >= 4 is 11.3 Å². The molecule has 2 aromatic heterocycles. The van der Waals surface area contributed by atoms with Crippen LogP contribution in [0.4, 0.5) is 8.78 Å². The number of thiazole rings is 1. The Morgan fingerprint density at radius 3 is 2.52 bits per heavy atom. The Morgan fingerprint density at radius 1 is 1.14 bits per heavy atom. The molecule has 3 aromatic rings. The van der Waals surface area contributed by atoms with Crippen LogP contribution in [0, 0.1) is 11.6 Å². The van der Waals surface area contributed by atoms with Gasteiger partial charge in [0.25, 0.3) is 0 Å². The van der Waals surface area contributed by atoms with Gasteiger partial charge in [0.2, 0.25) is 0 Å². The van der Waals surface area contributed by atoms with Crippen LogP contribution in [0.3, 0.4) is 0 Å². The minimum Gasteiger partial charge on any atom is -0.463 e. The third-order valence-corrected chi connectivity index (χ3v) is 4.13. The third kappa shape index (κ3) is 2.59. The first-order valence-electron chi connectivity index (χ1n) is 6.38. The predicted molar refractivity (Wildman–Crippen MR) is 77.9 cm³/mol. The Hall–Kier alpha value is -2.05. The van der Waals surface area contributed by atoms with Gasteiger partial charge in [0.05, 0.1) is 11.8 Å². The van der Waals surface area contributed by atoms with Crippen LogP contribution in [-0.2, 0) is 6.42 Å². The van der Waals surface area contributed by atoms with Gasteiger partial charge in [0, 0.05) is 4.88 Å². The van der Waals surface area contributed by atoms with E-state index in [1.54, 1.807) is 12.1 Å². The molecule has 6 heteroatoms. The molecule has 108 valence electrons.